The van der Waals surface area contributed by atoms with Gasteiger partial charge < -0.3 is 10.5 Å². The first-order valence-electron chi connectivity index (χ1n) is 2.56. The first-order chi connectivity index (χ1) is 4.46. The van der Waals surface area contributed by atoms with Crippen LogP contribution in [0.25, 0.3) is 0 Å². The van der Waals surface area contributed by atoms with E-state index >= 15 is 0 Å². The summed E-state index contributed by atoms with van der Waals surface area (Å²) in [6, 6.07) is 0. The van der Waals surface area contributed by atoms with Crippen molar-refractivity contribution in [2.24, 2.45) is 0 Å². The second-order valence-electron chi connectivity index (χ2n) is 1.82. The highest BCUT2D eigenvalue weighted by atomic mass is 32.2. The second-order valence-corrected chi connectivity index (χ2v) is 2.78. The Morgan fingerprint density at radius 3 is 1.80 bits per heavy atom. The molecule has 0 amide bonds. The van der Waals surface area contributed by atoms with Crippen LogP contribution in [0.1, 0.15) is 13.8 Å². The number of nitrogens with one attached hydrogen (secondary N) is 1. The fraction of sp³-hybridized carbons (Fsp3) is 0.400. The fourth-order valence-electron chi connectivity index (χ4n) is 0.540. The van der Waals surface area contributed by atoms with Crippen molar-refractivity contribution in [3.63, 3.8) is 0 Å². The van der Waals surface area contributed by atoms with Gasteiger partial charge in [-0.25, -0.2) is 8.42 Å². The van der Waals surface area contributed by atoms with Gasteiger partial charge in [0.05, 0.1) is 5.71 Å². The van der Waals surface area contributed by atoms with E-state index in [-0.39, 0.29) is 16.4 Å². The maximum atomic E-state index is 10.3. The van der Waals surface area contributed by atoms with E-state index in [4.69, 9.17) is 10.5 Å². The van der Waals surface area contributed by atoms with Crippen LogP contribution in [-0.4, -0.2) is 19.2 Å². The Morgan fingerprint density at radius 2 is 1.80 bits per heavy atom. The largest absolute Gasteiger partial charge is 0.511 e. The molecule has 0 fully saturated rings. The number of hydrogen-bond donors (Lipinski definition) is 3. The molecule has 0 atom stereocenters. The lowest BCUT2D eigenvalue weighted by Crippen LogP contribution is -2.00. The van der Waals surface area contributed by atoms with Crippen molar-refractivity contribution in [2.75, 3.05) is 0 Å². The molecule has 0 aliphatic carbocycles. The molecule has 0 radical (unpaired) electrons. The zero-order valence-electron chi connectivity index (χ0n) is 5.71. The summed E-state index contributed by atoms with van der Waals surface area (Å²) in [4.78, 5) is -0.296. The van der Waals surface area contributed by atoms with Crippen LogP contribution < -0.4 is 0 Å². The van der Waals surface area contributed by atoms with E-state index in [1.165, 1.54) is 13.8 Å². The molecule has 0 saturated carbocycles. The Hall–Kier alpha value is -0.840. The molecule has 0 aromatic rings. The predicted molar refractivity (Wildman–Crippen MR) is 39.0 cm³/mol. The summed E-state index contributed by atoms with van der Waals surface area (Å²) in [7, 11) is -2.84. The Labute approximate surface area is 60.6 Å². The summed E-state index contributed by atoms with van der Waals surface area (Å²) < 4.78 is 20.5. The molecule has 0 saturated heterocycles. The zero-order valence-corrected chi connectivity index (χ0v) is 6.61. The van der Waals surface area contributed by atoms with Crippen molar-refractivity contribution < 1.29 is 13.5 Å². The molecule has 58 valence electrons. The average Bonchev–Trinajstić information content (AvgIpc) is 1.59. The summed E-state index contributed by atoms with van der Waals surface area (Å²) in [5.74, 6) is -0.330. The van der Waals surface area contributed by atoms with Crippen molar-refractivity contribution in [1.82, 2.24) is 0 Å². The second kappa shape index (κ2) is 3.36. The number of hydrogen-bond acceptors (Lipinski definition) is 4. The lowest BCUT2D eigenvalue weighted by Gasteiger charge is -1.95. The maximum absolute atomic E-state index is 10.3. The molecule has 0 aromatic carbocycles. The van der Waals surface area contributed by atoms with E-state index < -0.39 is 10.7 Å². The Balaban J connectivity index is 4.99. The molecular formula is C5H9NO3S. The molecule has 0 aliphatic heterocycles. The van der Waals surface area contributed by atoms with E-state index in [9.17, 15) is 8.42 Å². The van der Waals surface area contributed by atoms with Gasteiger partial charge in [-0.3, -0.25) is 0 Å². The lowest BCUT2D eigenvalue weighted by molar-refractivity contribution is 0.413. The molecule has 10 heavy (non-hydrogen) atoms. The summed E-state index contributed by atoms with van der Waals surface area (Å²) in [6.45, 7) is 2.54. The number of rotatable bonds is 2. The maximum Gasteiger partial charge on any atom is 0.173 e. The van der Waals surface area contributed by atoms with Gasteiger partial charge in [-0.1, -0.05) is 0 Å². The van der Waals surface area contributed by atoms with Crippen LogP contribution in [0.5, 0.6) is 0 Å². The predicted octanol–water partition coefficient (Wildman–Crippen LogP) is 0.427. The highest BCUT2D eigenvalue weighted by molar-refractivity contribution is 7.78. The molecule has 2 N–H and O–H groups in total. The van der Waals surface area contributed by atoms with Gasteiger partial charge in [-0.15, -0.1) is 0 Å². The highest BCUT2D eigenvalue weighted by Gasteiger charge is 2.06. The molecule has 0 heterocycles. The van der Waals surface area contributed by atoms with Crippen LogP contribution in [0.2, 0.25) is 0 Å². The van der Waals surface area contributed by atoms with Crippen LogP contribution in [0.4, 0.5) is 0 Å². The van der Waals surface area contributed by atoms with Gasteiger partial charge in [0.2, 0.25) is 0 Å². The van der Waals surface area contributed by atoms with Crippen molar-refractivity contribution in [3.05, 3.63) is 10.7 Å². The van der Waals surface area contributed by atoms with Crippen molar-refractivity contribution in [3.8, 4) is 0 Å². The van der Waals surface area contributed by atoms with Crippen molar-refractivity contribution in [1.29, 1.82) is 5.41 Å². The van der Waals surface area contributed by atoms with Crippen LogP contribution in [0, 0.1) is 5.41 Å². The number of aliphatic hydroxyl groups excluding tert-OH is 1. The van der Waals surface area contributed by atoms with E-state index in [1.807, 2.05) is 0 Å². The Kier molecular flexibility index (Phi) is 3.08. The zero-order chi connectivity index (χ0) is 8.31. The van der Waals surface area contributed by atoms with Gasteiger partial charge in [-0.05, 0) is 13.8 Å². The van der Waals surface area contributed by atoms with Crippen LogP contribution in [0.3, 0.4) is 0 Å². The average molecular weight is 163 g/mol. The van der Waals surface area contributed by atoms with Crippen LogP contribution in [0.15, 0.2) is 10.7 Å². The molecule has 5 heteroatoms. The molecule has 0 spiro atoms. The van der Waals surface area contributed by atoms with Crippen LogP contribution in [-0.2, 0) is 10.7 Å². The lowest BCUT2D eigenvalue weighted by atomic mass is 10.3. The highest BCUT2D eigenvalue weighted by Crippen LogP contribution is 2.02. The fourth-order valence-corrected chi connectivity index (χ4v) is 1.08. The molecule has 0 aliphatic rings. The molecule has 0 rings (SSSR count). The summed E-state index contributed by atoms with van der Waals surface area (Å²) in [6.07, 6.45) is 0. The Morgan fingerprint density at radius 1 is 1.40 bits per heavy atom. The molecule has 0 bridgehead atoms. The molecule has 0 aromatic heterocycles. The SMILES string of the molecule is CC(=N)/C(=C(/C)O)[SH](=O)=O. The topological polar surface area (TPSA) is 78.2 Å². The van der Waals surface area contributed by atoms with Gasteiger partial charge in [0.1, 0.15) is 10.7 Å². The minimum absolute atomic E-state index is 0.142. The Bertz CT molecular complexity index is 240. The van der Waals surface area contributed by atoms with Gasteiger partial charge in [0.25, 0.3) is 0 Å². The van der Waals surface area contributed by atoms with Crippen molar-refractivity contribution >= 4 is 16.4 Å². The molecule has 0 unspecified atom stereocenters. The summed E-state index contributed by atoms with van der Waals surface area (Å²) in [5, 5.41) is 15.6. The number of aliphatic hydroxyl groups is 1. The first kappa shape index (κ1) is 9.16. The van der Waals surface area contributed by atoms with E-state index in [2.05, 4.69) is 0 Å². The van der Waals surface area contributed by atoms with Gasteiger partial charge in [0, 0.05) is 0 Å². The van der Waals surface area contributed by atoms with E-state index in [0.29, 0.717) is 0 Å². The molecule has 4 nitrogen and oxygen atoms in total. The smallest absolute Gasteiger partial charge is 0.173 e. The van der Waals surface area contributed by atoms with Gasteiger partial charge in [-0.2, -0.15) is 0 Å². The number of thiol groups is 1. The summed E-state index contributed by atoms with van der Waals surface area (Å²) >= 11 is 0. The third kappa shape index (κ3) is 2.18. The number of allylic oxidation sites excluding steroid dienone is 2. The van der Waals surface area contributed by atoms with E-state index in [0.717, 1.165) is 0 Å². The minimum Gasteiger partial charge on any atom is -0.511 e. The van der Waals surface area contributed by atoms with Gasteiger partial charge in [0.15, 0.2) is 10.7 Å². The van der Waals surface area contributed by atoms with Crippen LogP contribution >= 0.6 is 0 Å². The third-order valence-electron chi connectivity index (χ3n) is 0.880. The summed E-state index contributed by atoms with van der Waals surface area (Å²) in [5.41, 5.74) is -0.142. The minimum atomic E-state index is -2.84. The first-order valence-corrected chi connectivity index (χ1v) is 3.74. The normalized spacial score (nSPS) is 13.1. The van der Waals surface area contributed by atoms with Crippen molar-refractivity contribution in [2.45, 2.75) is 13.8 Å². The monoisotopic (exact) mass is 163 g/mol. The standard InChI is InChI=1S/C5H9NO3S/c1-3(6)5(4(2)7)10(8)9/h6-7,10H,1-2H3/b5-4+,6-3?. The van der Waals surface area contributed by atoms with E-state index in [1.54, 1.807) is 0 Å². The quantitative estimate of drug-likeness (QED) is 0.314. The third-order valence-corrected chi connectivity index (χ3v) is 1.90. The molecular weight excluding hydrogens is 154 g/mol. The van der Waals surface area contributed by atoms with Gasteiger partial charge >= 0.3 is 0 Å².